The summed E-state index contributed by atoms with van der Waals surface area (Å²) in [6.07, 6.45) is 3.72. The average Bonchev–Trinajstić information content (AvgIpc) is 3.49. The predicted molar refractivity (Wildman–Crippen MR) is 137 cm³/mol. The monoisotopic (exact) mass is 484 g/mol. The topological polar surface area (TPSA) is 79.6 Å². The highest BCUT2D eigenvalue weighted by Gasteiger charge is 2.41. The maximum absolute atomic E-state index is 11.6. The summed E-state index contributed by atoms with van der Waals surface area (Å²) < 4.78 is 7.32. The van der Waals surface area contributed by atoms with Crippen molar-refractivity contribution in [3.8, 4) is 11.4 Å². The van der Waals surface area contributed by atoms with Crippen molar-refractivity contribution in [2.45, 2.75) is 18.6 Å². The molecule has 1 aliphatic heterocycles. The molecule has 35 heavy (non-hydrogen) atoms. The Kier molecular flexibility index (Phi) is 6.20. The standard InChI is InChI=1S/C27H24N4O3S/c1-34-21-12-10-18(11-13-21)17-31-25(24(29-27(31)35)22-8-2-3-14-28-22)23-9-5-15-30(23)20-7-4-6-19(16-20)26(32)33/h2-16,24-25H,17H2,1H3,(H,29,35)(H,32,33)/t24-,25+/m0/s1. The summed E-state index contributed by atoms with van der Waals surface area (Å²) in [5, 5.41) is 13.6. The highest BCUT2D eigenvalue weighted by Crippen LogP contribution is 2.40. The number of aromatic carboxylic acids is 1. The number of carboxylic acids is 1. The number of carboxylic acid groups (broad SMARTS) is 1. The molecule has 0 saturated carbocycles. The number of nitrogens with zero attached hydrogens (tertiary/aromatic N) is 3. The molecule has 0 aliphatic carbocycles. The van der Waals surface area contributed by atoms with Gasteiger partial charge in [-0.05, 0) is 72.4 Å². The van der Waals surface area contributed by atoms with E-state index in [1.165, 1.54) is 0 Å². The van der Waals surface area contributed by atoms with Gasteiger partial charge < -0.3 is 24.6 Å². The molecular weight excluding hydrogens is 460 g/mol. The second-order valence-electron chi connectivity index (χ2n) is 8.26. The number of aromatic nitrogens is 2. The molecule has 0 bridgehead atoms. The van der Waals surface area contributed by atoms with Crippen molar-refractivity contribution >= 4 is 23.3 Å². The van der Waals surface area contributed by atoms with E-state index in [0.29, 0.717) is 11.7 Å². The molecular formula is C27H24N4O3S. The summed E-state index contributed by atoms with van der Waals surface area (Å²) >= 11 is 5.81. The molecule has 1 fully saturated rings. The Labute approximate surface area is 208 Å². The minimum Gasteiger partial charge on any atom is -0.497 e. The number of hydrogen-bond donors (Lipinski definition) is 2. The van der Waals surface area contributed by atoms with Gasteiger partial charge in [0.15, 0.2) is 5.11 Å². The highest BCUT2D eigenvalue weighted by atomic mass is 32.1. The Bertz CT molecular complexity index is 1350. The van der Waals surface area contributed by atoms with E-state index in [1.54, 1.807) is 31.5 Å². The van der Waals surface area contributed by atoms with E-state index in [4.69, 9.17) is 17.0 Å². The number of nitrogens with one attached hydrogen (secondary N) is 1. The van der Waals surface area contributed by atoms with E-state index < -0.39 is 5.97 Å². The van der Waals surface area contributed by atoms with Crippen molar-refractivity contribution in [1.82, 2.24) is 19.8 Å². The molecule has 4 aromatic rings. The van der Waals surface area contributed by atoms with E-state index in [9.17, 15) is 9.90 Å². The first kappa shape index (κ1) is 22.6. The number of methoxy groups -OCH3 is 1. The summed E-state index contributed by atoms with van der Waals surface area (Å²) in [5.74, 6) is -0.164. The van der Waals surface area contributed by atoms with Gasteiger partial charge in [0.05, 0.1) is 30.5 Å². The number of hydrogen-bond acceptors (Lipinski definition) is 4. The molecule has 0 unspecified atom stereocenters. The zero-order valence-corrected chi connectivity index (χ0v) is 19.9. The fourth-order valence-corrected chi connectivity index (χ4v) is 4.79. The van der Waals surface area contributed by atoms with Gasteiger partial charge in [-0.3, -0.25) is 4.98 Å². The third-order valence-electron chi connectivity index (χ3n) is 6.16. The van der Waals surface area contributed by atoms with Crippen LogP contribution in [0.5, 0.6) is 5.75 Å². The molecule has 0 spiro atoms. The van der Waals surface area contributed by atoms with Gasteiger partial charge in [-0.25, -0.2) is 4.79 Å². The van der Waals surface area contributed by atoms with E-state index in [-0.39, 0.29) is 17.6 Å². The number of ether oxygens (including phenoxy) is 1. The van der Waals surface area contributed by atoms with Crippen LogP contribution in [0.25, 0.3) is 5.69 Å². The molecule has 8 heteroatoms. The Balaban J connectivity index is 1.58. The lowest BCUT2D eigenvalue weighted by atomic mass is 10.0. The molecule has 0 amide bonds. The first-order chi connectivity index (χ1) is 17.0. The lowest BCUT2D eigenvalue weighted by Crippen LogP contribution is -2.30. The lowest BCUT2D eigenvalue weighted by molar-refractivity contribution is 0.0697. The number of thiocarbonyl (C=S) groups is 1. The Hall–Kier alpha value is -4.17. The first-order valence-corrected chi connectivity index (χ1v) is 11.6. The largest absolute Gasteiger partial charge is 0.497 e. The summed E-state index contributed by atoms with van der Waals surface area (Å²) in [4.78, 5) is 18.3. The van der Waals surface area contributed by atoms with Gasteiger partial charge in [0, 0.05) is 30.3 Å². The van der Waals surface area contributed by atoms with Gasteiger partial charge in [0.25, 0.3) is 0 Å². The van der Waals surface area contributed by atoms with Crippen LogP contribution in [0.4, 0.5) is 0 Å². The quantitative estimate of drug-likeness (QED) is 0.367. The fourth-order valence-electron chi connectivity index (χ4n) is 4.48. The summed E-state index contributed by atoms with van der Waals surface area (Å²) in [7, 11) is 1.65. The van der Waals surface area contributed by atoms with E-state index in [0.717, 1.165) is 28.4 Å². The second-order valence-corrected chi connectivity index (χ2v) is 8.65. The normalized spacial score (nSPS) is 17.3. The van der Waals surface area contributed by atoms with E-state index in [1.807, 2.05) is 71.4 Å². The maximum atomic E-state index is 11.6. The van der Waals surface area contributed by atoms with Crippen LogP contribution in [0.15, 0.2) is 91.3 Å². The van der Waals surface area contributed by atoms with Crippen molar-refractivity contribution < 1.29 is 14.6 Å². The van der Waals surface area contributed by atoms with Crippen LogP contribution in [-0.2, 0) is 6.54 Å². The molecule has 2 atom stereocenters. The summed E-state index contributed by atoms with van der Waals surface area (Å²) in [6.45, 7) is 0.587. The average molecular weight is 485 g/mol. The number of benzene rings is 2. The van der Waals surface area contributed by atoms with Crippen molar-refractivity contribution in [1.29, 1.82) is 0 Å². The number of carbonyl (C=O) groups is 1. The Morgan fingerprint density at radius 2 is 1.91 bits per heavy atom. The predicted octanol–water partition coefficient (Wildman–Crippen LogP) is 4.75. The van der Waals surface area contributed by atoms with Crippen LogP contribution in [0.1, 0.15) is 39.4 Å². The number of rotatable bonds is 7. The van der Waals surface area contributed by atoms with Gasteiger partial charge in [0.2, 0.25) is 0 Å². The zero-order chi connectivity index (χ0) is 24.4. The first-order valence-electron chi connectivity index (χ1n) is 11.2. The molecule has 5 rings (SSSR count). The molecule has 2 aromatic carbocycles. The third kappa shape index (κ3) is 4.48. The van der Waals surface area contributed by atoms with Gasteiger partial charge in [-0.2, -0.15) is 0 Å². The van der Waals surface area contributed by atoms with Crippen molar-refractivity contribution in [3.63, 3.8) is 0 Å². The second kappa shape index (κ2) is 9.60. The molecule has 1 saturated heterocycles. The van der Waals surface area contributed by atoms with Crippen LogP contribution in [-0.4, -0.2) is 37.7 Å². The van der Waals surface area contributed by atoms with Gasteiger partial charge in [-0.15, -0.1) is 0 Å². The molecule has 2 N–H and O–H groups in total. The van der Waals surface area contributed by atoms with Crippen molar-refractivity contribution in [2.75, 3.05) is 7.11 Å². The van der Waals surface area contributed by atoms with Crippen LogP contribution in [0.2, 0.25) is 0 Å². The van der Waals surface area contributed by atoms with Gasteiger partial charge in [0.1, 0.15) is 5.75 Å². The van der Waals surface area contributed by atoms with Crippen molar-refractivity contribution in [3.05, 3.63) is 114 Å². The Morgan fingerprint density at radius 3 is 2.63 bits per heavy atom. The van der Waals surface area contributed by atoms with Gasteiger partial charge in [-0.1, -0.05) is 24.3 Å². The smallest absolute Gasteiger partial charge is 0.335 e. The van der Waals surface area contributed by atoms with Crippen molar-refractivity contribution in [2.24, 2.45) is 0 Å². The third-order valence-corrected chi connectivity index (χ3v) is 6.52. The number of pyridine rings is 1. The minimum absolute atomic E-state index is 0.178. The Morgan fingerprint density at radius 1 is 1.09 bits per heavy atom. The van der Waals surface area contributed by atoms with Crippen LogP contribution in [0, 0.1) is 0 Å². The molecule has 2 aromatic heterocycles. The lowest BCUT2D eigenvalue weighted by Gasteiger charge is -2.29. The molecule has 1 aliphatic rings. The molecule has 176 valence electrons. The zero-order valence-electron chi connectivity index (χ0n) is 19.0. The molecule has 7 nitrogen and oxygen atoms in total. The fraction of sp³-hybridized carbons (Fsp3) is 0.148. The van der Waals surface area contributed by atoms with Crippen LogP contribution >= 0.6 is 12.2 Å². The minimum atomic E-state index is -0.961. The van der Waals surface area contributed by atoms with Gasteiger partial charge >= 0.3 is 5.97 Å². The highest BCUT2D eigenvalue weighted by molar-refractivity contribution is 7.80. The SMILES string of the molecule is COc1ccc(CN2C(=S)N[C@@H](c3ccccn3)[C@H]2c2cccn2-c2cccc(C(=O)O)c2)cc1. The van der Waals surface area contributed by atoms with Crippen LogP contribution in [0.3, 0.4) is 0 Å². The van der Waals surface area contributed by atoms with Crippen LogP contribution < -0.4 is 10.1 Å². The maximum Gasteiger partial charge on any atom is 0.335 e. The molecule has 0 radical (unpaired) electrons. The van der Waals surface area contributed by atoms with E-state index in [2.05, 4.69) is 15.2 Å². The summed E-state index contributed by atoms with van der Waals surface area (Å²) in [6, 6.07) is 24.4. The van der Waals surface area contributed by atoms with E-state index >= 15 is 0 Å². The molecule has 3 heterocycles. The summed E-state index contributed by atoms with van der Waals surface area (Å²) in [5.41, 5.74) is 3.95.